The topological polar surface area (TPSA) is 62.6 Å². The molecule has 6 nitrogen and oxygen atoms in total. The molecule has 0 radical (unpaired) electrons. The number of hydrogen-bond donors (Lipinski definition) is 1. The van der Waals surface area contributed by atoms with Gasteiger partial charge in [-0.3, -0.25) is 4.90 Å². The number of rotatable bonds is 3. The van der Waals surface area contributed by atoms with Gasteiger partial charge in [0.05, 0.1) is 6.04 Å². The number of benzene rings is 1. The van der Waals surface area contributed by atoms with Crippen molar-refractivity contribution < 1.29 is 9.18 Å². The summed E-state index contributed by atoms with van der Waals surface area (Å²) >= 11 is 6.12. The molecule has 1 aromatic carbocycles. The van der Waals surface area contributed by atoms with Gasteiger partial charge in [-0.2, -0.15) is 5.26 Å². The number of amides is 2. The van der Waals surface area contributed by atoms with Crippen LogP contribution in [0.15, 0.2) is 18.2 Å². The number of carbonyl (C=O) groups is 1. The fraction of sp³-hybridized carbons (Fsp3) is 0.556. The summed E-state index contributed by atoms with van der Waals surface area (Å²) in [6.45, 7) is 4.44. The van der Waals surface area contributed by atoms with Crippen LogP contribution in [0.5, 0.6) is 0 Å². The van der Waals surface area contributed by atoms with E-state index in [9.17, 15) is 9.18 Å². The van der Waals surface area contributed by atoms with Gasteiger partial charge in [0, 0.05) is 56.4 Å². The van der Waals surface area contributed by atoms with Crippen molar-refractivity contribution in [3.63, 3.8) is 0 Å². The Labute approximate surface area is 158 Å². The van der Waals surface area contributed by atoms with Crippen molar-refractivity contribution in [2.24, 2.45) is 0 Å². The Hall–Kier alpha value is -2.04. The quantitative estimate of drug-likeness (QED) is 0.818. The van der Waals surface area contributed by atoms with E-state index in [0.29, 0.717) is 49.9 Å². The van der Waals surface area contributed by atoms with Gasteiger partial charge in [0.15, 0.2) is 6.19 Å². The van der Waals surface area contributed by atoms with Crippen molar-refractivity contribution in [1.82, 2.24) is 20.0 Å². The van der Waals surface area contributed by atoms with E-state index in [0.717, 1.165) is 19.4 Å². The zero-order chi connectivity index (χ0) is 18.5. The molecule has 8 heteroatoms. The van der Waals surface area contributed by atoms with Crippen LogP contribution in [0.25, 0.3) is 0 Å². The molecule has 1 atom stereocenters. The molecule has 0 spiro atoms. The van der Waals surface area contributed by atoms with Gasteiger partial charge in [0.2, 0.25) is 0 Å². The molecule has 1 aromatic rings. The highest BCUT2D eigenvalue weighted by Crippen LogP contribution is 2.21. The first kappa shape index (κ1) is 18.7. The van der Waals surface area contributed by atoms with E-state index in [1.165, 1.54) is 6.07 Å². The predicted octanol–water partition coefficient (Wildman–Crippen LogP) is 2.25. The maximum atomic E-state index is 14.0. The molecule has 2 saturated heterocycles. The molecule has 3 rings (SSSR count). The van der Waals surface area contributed by atoms with E-state index in [-0.39, 0.29) is 17.9 Å². The number of nitriles is 1. The largest absolute Gasteiger partial charge is 0.333 e. The third-order valence-corrected chi connectivity index (χ3v) is 5.33. The van der Waals surface area contributed by atoms with Crippen LogP contribution in [-0.2, 0) is 6.54 Å². The fourth-order valence-electron chi connectivity index (χ4n) is 3.47. The standard InChI is InChI=1S/C18H23ClFN5O/c19-16-3-1-4-17(20)15(16)12-23-6-2-7-25(10-9-23)18(26)22-14-5-8-24(11-14)13-21/h1,3-4,14H,2,5-12H2,(H,22,26). The molecule has 0 aromatic heterocycles. The van der Waals surface area contributed by atoms with Crippen LogP contribution in [0, 0.1) is 17.3 Å². The lowest BCUT2D eigenvalue weighted by atomic mass is 10.2. The summed E-state index contributed by atoms with van der Waals surface area (Å²) in [5, 5.41) is 12.4. The molecule has 26 heavy (non-hydrogen) atoms. The molecule has 1 unspecified atom stereocenters. The summed E-state index contributed by atoms with van der Waals surface area (Å²) in [5.74, 6) is -0.292. The SMILES string of the molecule is N#CN1CCC(NC(=O)N2CCCN(Cc3c(F)cccc3Cl)CC2)C1. The first-order valence-electron chi connectivity index (χ1n) is 8.92. The van der Waals surface area contributed by atoms with Crippen LogP contribution in [-0.4, -0.2) is 66.0 Å². The number of carbonyl (C=O) groups excluding carboxylic acids is 1. The first-order chi connectivity index (χ1) is 12.6. The Morgan fingerprint density at radius 1 is 1.31 bits per heavy atom. The van der Waals surface area contributed by atoms with Crippen LogP contribution in [0.3, 0.4) is 0 Å². The number of hydrogen-bond acceptors (Lipinski definition) is 4. The number of halogens is 2. The highest BCUT2D eigenvalue weighted by atomic mass is 35.5. The second-order valence-electron chi connectivity index (χ2n) is 6.80. The molecule has 0 aliphatic carbocycles. The number of likely N-dealkylation sites (tertiary alicyclic amines) is 1. The Morgan fingerprint density at radius 3 is 2.88 bits per heavy atom. The van der Waals surface area contributed by atoms with Gasteiger partial charge in [0.1, 0.15) is 5.82 Å². The van der Waals surface area contributed by atoms with Gasteiger partial charge in [-0.15, -0.1) is 0 Å². The van der Waals surface area contributed by atoms with Crippen LogP contribution in [0.2, 0.25) is 5.02 Å². The van der Waals surface area contributed by atoms with Crippen molar-refractivity contribution in [3.05, 3.63) is 34.6 Å². The van der Waals surface area contributed by atoms with E-state index in [2.05, 4.69) is 16.4 Å². The maximum absolute atomic E-state index is 14.0. The number of nitrogens with one attached hydrogen (secondary N) is 1. The molecule has 2 aliphatic rings. The predicted molar refractivity (Wildman–Crippen MR) is 97.0 cm³/mol. The smallest absolute Gasteiger partial charge is 0.317 e. The molecule has 2 heterocycles. The highest BCUT2D eigenvalue weighted by Gasteiger charge is 2.26. The Kier molecular flexibility index (Phi) is 6.17. The third kappa shape index (κ3) is 4.57. The van der Waals surface area contributed by atoms with Gasteiger partial charge in [-0.05, 0) is 25.0 Å². The number of urea groups is 1. The van der Waals surface area contributed by atoms with Crippen LogP contribution < -0.4 is 5.32 Å². The molecule has 2 fully saturated rings. The summed E-state index contributed by atoms with van der Waals surface area (Å²) in [6.07, 6.45) is 3.74. The van der Waals surface area contributed by atoms with Crippen LogP contribution in [0.1, 0.15) is 18.4 Å². The minimum atomic E-state index is -0.292. The average molecular weight is 380 g/mol. The van der Waals surface area contributed by atoms with Crippen molar-refractivity contribution in [2.75, 3.05) is 39.3 Å². The summed E-state index contributed by atoms with van der Waals surface area (Å²) in [6, 6.07) is 4.67. The maximum Gasteiger partial charge on any atom is 0.317 e. The van der Waals surface area contributed by atoms with E-state index in [1.54, 1.807) is 21.9 Å². The minimum absolute atomic E-state index is 0.0266. The lowest BCUT2D eigenvalue weighted by Gasteiger charge is -2.24. The van der Waals surface area contributed by atoms with Crippen LogP contribution >= 0.6 is 11.6 Å². The molecule has 1 N–H and O–H groups in total. The van der Waals surface area contributed by atoms with Gasteiger partial charge in [-0.1, -0.05) is 17.7 Å². The van der Waals surface area contributed by atoms with Crippen molar-refractivity contribution in [3.8, 4) is 6.19 Å². The summed E-state index contributed by atoms with van der Waals surface area (Å²) in [5.41, 5.74) is 0.509. The molecule has 0 saturated carbocycles. The summed E-state index contributed by atoms with van der Waals surface area (Å²) < 4.78 is 14.0. The highest BCUT2D eigenvalue weighted by molar-refractivity contribution is 6.31. The normalized spacial score (nSPS) is 21.3. The van der Waals surface area contributed by atoms with Crippen molar-refractivity contribution >= 4 is 17.6 Å². The van der Waals surface area contributed by atoms with E-state index in [1.807, 2.05) is 0 Å². The molecule has 140 valence electrons. The average Bonchev–Trinajstić information content (AvgIpc) is 2.94. The molecule has 0 bridgehead atoms. The minimum Gasteiger partial charge on any atom is -0.333 e. The fourth-order valence-corrected chi connectivity index (χ4v) is 3.70. The molecule has 2 aliphatic heterocycles. The van der Waals surface area contributed by atoms with Gasteiger partial charge in [-0.25, -0.2) is 9.18 Å². The van der Waals surface area contributed by atoms with Crippen LogP contribution in [0.4, 0.5) is 9.18 Å². The summed E-state index contributed by atoms with van der Waals surface area (Å²) in [7, 11) is 0. The van der Waals surface area contributed by atoms with E-state index >= 15 is 0 Å². The zero-order valence-corrected chi connectivity index (χ0v) is 15.4. The monoisotopic (exact) mass is 379 g/mol. The molecular formula is C18H23ClFN5O. The third-order valence-electron chi connectivity index (χ3n) is 4.98. The Bertz CT molecular complexity index is 674. The van der Waals surface area contributed by atoms with E-state index in [4.69, 9.17) is 16.9 Å². The molecule has 2 amide bonds. The van der Waals surface area contributed by atoms with Gasteiger partial charge < -0.3 is 15.1 Å². The van der Waals surface area contributed by atoms with Crippen molar-refractivity contribution in [1.29, 1.82) is 5.26 Å². The zero-order valence-electron chi connectivity index (χ0n) is 14.6. The second-order valence-corrected chi connectivity index (χ2v) is 7.21. The van der Waals surface area contributed by atoms with Gasteiger partial charge in [0.25, 0.3) is 0 Å². The van der Waals surface area contributed by atoms with Gasteiger partial charge >= 0.3 is 6.03 Å². The molecular weight excluding hydrogens is 357 g/mol. The lowest BCUT2D eigenvalue weighted by Crippen LogP contribution is -2.46. The van der Waals surface area contributed by atoms with Crippen molar-refractivity contribution in [2.45, 2.75) is 25.4 Å². The number of nitrogens with zero attached hydrogens (tertiary/aromatic N) is 4. The van der Waals surface area contributed by atoms with E-state index < -0.39 is 0 Å². The summed E-state index contributed by atoms with van der Waals surface area (Å²) in [4.78, 5) is 18.1. The second kappa shape index (κ2) is 8.56. The Balaban J connectivity index is 1.52. The lowest BCUT2D eigenvalue weighted by molar-refractivity contribution is 0.194. The first-order valence-corrected chi connectivity index (χ1v) is 9.30. The Morgan fingerprint density at radius 2 is 2.15 bits per heavy atom.